The van der Waals surface area contributed by atoms with Crippen LogP contribution in [0.1, 0.15) is 48.3 Å². The highest BCUT2D eigenvalue weighted by Gasteiger charge is 2.40. The lowest BCUT2D eigenvalue weighted by atomic mass is 9.68. The van der Waals surface area contributed by atoms with Gasteiger partial charge in [0.1, 0.15) is 5.75 Å². The van der Waals surface area contributed by atoms with E-state index >= 15 is 0 Å². The van der Waals surface area contributed by atoms with E-state index in [-0.39, 0.29) is 17.4 Å². The Kier molecular flexibility index (Phi) is 6.55. The molecule has 1 aromatic carbocycles. The number of amides is 1. The number of nitrogens with one attached hydrogen (secondary N) is 1. The maximum atomic E-state index is 12.3. The van der Waals surface area contributed by atoms with E-state index in [1.54, 1.807) is 7.11 Å². The van der Waals surface area contributed by atoms with Crippen LogP contribution in [0.2, 0.25) is 0 Å². The lowest BCUT2D eigenvalue weighted by Gasteiger charge is -2.43. The van der Waals surface area contributed by atoms with Crippen molar-refractivity contribution in [3.8, 4) is 5.75 Å². The molecule has 2 aromatic rings. The van der Waals surface area contributed by atoms with Gasteiger partial charge in [0.2, 0.25) is 0 Å². The zero-order valence-electron chi connectivity index (χ0n) is 16.4. The van der Waals surface area contributed by atoms with Gasteiger partial charge < -0.3 is 14.8 Å². The Morgan fingerprint density at radius 3 is 2.85 bits per heavy atom. The van der Waals surface area contributed by atoms with E-state index in [0.717, 1.165) is 36.5 Å². The molecule has 5 heteroatoms. The first-order valence-electron chi connectivity index (χ1n) is 9.62. The second-order valence-electron chi connectivity index (χ2n) is 7.57. The Balaban J connectivity index is 1.80. The van der Waals surface area contributed by atoms with Crippen molar-refractivity contribution >= 4 is 17.2 Å². The highest BCUT2D eigenvalue weighted by Crippen LogP contribution is 2.45. The highest BCUT2D eigenvalue weighted by molar-refractivity contribution is 7.12. The van der Waals surface area contributed by atoms with Crippen LogP contribution >= 0.6 is 11.3 Å². The van der Waals surface area contributed by atoms with Gasteiger partial charge in [-0.05, 0) is 42.7 Å². The van der Waals surface area contributed by atoms with Gasteiger partial charge in [-0.2, -0.15) is 0 Å². The minimum absolute atomic E-state index is 0.00708. The molecule has 1 aliphatic rings. The predicted molar refractivity (Wildman–Crippen MR) is 110 cm³/mol. The second kappa shape index (κ2) is 8.89. The first-order valence-corrected chi connectivity index (χ1v) is 10.5. The first kappa shape index (κ1) is 19.9. The maximum Gasteiger partial charge on any atom is 0.261 e. The van der Waals surface area contributed by atoms with Crippen molar-refractivity contribution in [3.63, 3.8) is 0 Å². The number of carbonyl (C=O) groups excluding carboxylic acids is 1. The monoisotopic (exact) mass is 387 g/mol. The van der Waals surface area contributed by atoms with Gasteiger partial charge in [-0.25, -0.2) is 0 Å². The zero-order chi connectivity index (χ0) is 19.3. The van der Waals surface area contributed by atoms with E-state index in [1.165, 1.54) is 16.9 Å². The second-order valence-corrected chi connectivity index (χ2v) is 8.52. The summed E-state index contributed by atoms with van der Waals surface area (Å²) >= 11 is 1.47. The van der Waals surface area contributed by atoms with Gasteiger partial charge >= 0.3 is 0 Å². The summed E-state index contributed by atoms with van der Waals surface area (Å²) < 4.78 is 11.7. The molecular formula is C22H29NO3S. The number of hydrogen-bond acceptors (Lipinski definition) is 4. The normalized spacial score (nSPS) is 22.6. The van der Waals surface area contributed by atoms with Crippen LogP contribution in [0.25, 0.3) is 0 Å². The maximum absolute atomic E-state index is 12.3. The molecule has 1 N–H and O–H groups in total. The number of hydrogen-bond donors (Lipinski definition) is 1. The van der Waals surface area contributed by atoms with Crippen molar-refractivity contribution in [2.45, 2.75) is 44.6 Å². The number of methoxy groups -OCH3 is 1. The molecular weight excluding hydrogens is 358 g/mol. The van der Waals surface area contributed by atoms with Gasteiger partial charge in [-0.1, -0.05) is 38.1 Å². The summed E-state index contributed by atoms with van der Waals surface area (Å²) in [6, 6.07) is 12.0. The van der Waals surface area contributed by atoms with Gasteiger partial charge in [0.25, 0.3) is 5.91 Å². The average Bonchev–Trinajstić information content (AvgIpc) is 3.23. The van der Waals surface area contributed by atoms with Crippen LogP contribution < -0.4 is 10.1 Å². The Bertz CT molecular complexity index is 744. The average molecular weight is 388 g/mol. The van der Waals surface area contributed by atoms with E-state index < -0.39 is 0 Å². The van der Waals surface area contributed by atoms with Crippen LogP contribution in [-0.4, -0.2) is 32.3 Å². The third kappa shape index (κ3) is 4.53. The topological polar surface area (TPSA) is 47.6 Å². The van der Waals surface area contributed by atoms with Crippen molar-refractivity contribution < 1.29 is 14.3 Å². The van der Waals surface area contributed by atoms with E-state index in [1.807, 2.05) is 29.6 Å². The molecule has 0 radical (unpaired) electrons. The quantitative estimate of drug-likeness (QED) is 0.752. The van der Waals surface area contributed by atoms with Crippen LogP contribution in [0.4, 0.5) is 0 Å². The lowest BCUT2D eigenvalue weighted by molar-refractivity contribution is -0.0472. The summed E-state index contributed by atoms with van der Waals surface area (Å²) in [5.41, 5.74) is 1.18. The van der Waals surface area contributed by atoms with E-state index in [2.05, 4.69) is 31.3 Å². The van der Waals surface area contributed by atoms with Crippen molar-refractivity contribution in [1.29, 1.82) is 0 Å². The molecule has 1 aromatic heterocycles. The molecule has 4 nitrogen and oxygen atoms in total. The standard InChI is InChI=1S/C22H29NO3S/c1-16(2)19-15-22(11-13-26-19,17-7-4-5-8-18(17)25-3)10-12-23-21(24)20-9-6-14-27-20/h4-9,14,16,19H,10-13,15H2,1-3H3,(H,23,24)/t19-,22+/m1/s1. The summed E-state index contributed by atoms with van der Waals surface area (Å²) in [6.45, 7) is 5.79. The fourth-order valence-corrected chi connectivity index (χ4v) is 4.62. The predicted octanol–water partition coefficient (Wildman–Crippen LogP) is 4.65. The van der Waals surface area contributed by atoms with Crippen molar-refractivity contribution in [3.05, 3.63) is 52.2 Å². The number of para-hydroxylation sites is 1. The Morgan fingerprint density at radius 2 is 2.15 bits per heavy atom. The minimum Gasteiger partial charge on any atom is -0.496 e. The zero-order valence-corrected chi connectivity index (χ0v) is 17.2. The molecule has 3 rings (SSSR count). The fraction of sp³-hybridized carbons (Fsp3) is 0.500. The third-order valence-corrected chi connectivity index (χ3v) is 6.43. The molecule has 1 saturated heterocycles. The molecule has 0 aliphatic carbocycles. The highest BCUT2D eigenvalue weighted by atomic mass is 32.1. The number of ether oxygens (including phenoxy) is 2. The van der Waals surface area contributed by atoms with Crippen LogP contribution in [0.15, 0.2) is 41.8 Å². The van der Waals surface area contributed by atoms with Crippen LogP contribution in [0.3, 0.4) is 0 Å². The Hall–Kier alpha value is -1.85. The summed E-state index contributed by atoms with van der Waals surface area (Å²) in [4.78, 5) is 13.1. The summed E-state index contributed by atoms with van der Waals surface area (Å²) in [6.07, 6.45) is 2.97. The third-order valence-electron chi connectivity index (χ3n) is 5.56. The van der Waals surface area contributed by atoms with Gasteiger partial charge in [0.05, 0.1) is 18.1 Å². The number of carbonyl (C=O) groups is 1. The van der Waals surface area contributed by atoms with Crippen LogP contribution in [-0.2, 0) is 10.2 Å². The number of benzene rings is 1. The van der Waals surface area contributed by atoms with Crippen LogP contribution in [0.5, 0.6) is 5.75 Å². The smallest absolute Gasteiger partial charge is 0.261 e. The number of thiophene rings is 1. The molecule has 1 aliphatic heterocycles. The molecule has 2 atom stereocenters. The summed E-state index contributed by atoms with van der Waals surface area (Å²) in [5.74, 6) is 1.39. The molecule has 27 heavy (non-hydrogen) atoms. The van der Waals surface area contributed by atoms with Gasteiger partial charge in [-0.3, -0.25) is 4.79 Å². The van der Waals surface area contributed by atoms with Crippen LogP contribution in [0, 0.1) is 5.92 Å². The molecule has 2 heterocycles. The molecule has 0 unspecified atom stereocenters. The Labute approximate surface area is 165 Å². The van der Waals surface area contributed by atoms with E-state index in [9.17, 15) is 4.79 Å². The molecule has 1 amide bonds. The minimum atomic E-state index is -0.0531. The molecule has 0 spiro atoms. The van der Waals surface area contributed by atoms with Crippen molar-refractivity contribution in [2.24, 2.45) is 5.92 Å². The van der Waals surface area contributed by atoms with Crippen molar-refractivity contribution in [2.75, 3.05) is 20.3 Å². The van der Waals surface area contributed by atoms with Gasteiger partial charge in [0.15, 0.2) is 0 Å². The molecule has 0 bridgehead atoms. The first-order chi connectivity index (χ1) is 13.1. The van der Waals surface area contributed by atoms with Crippen molar-refractivity contribution in [1.82, 2.24) is 5.32 Å². The Morgan fingerprint density at radius 1 is 1.33 bits per heavy atom. The lowest BCUT2D eigenvalue weighted by Crippen LogP contribution is -2.43. The van der Waals surface area contributed by atoms with E-state index in [4.69, 9.17) is 9.47 Å². The fourth-order valence-electron chi connectivity index (χ4n) is 3.98. The summed E-state index contributed by atoms with van der Waals surface area (Å²) in [7, 11) is 1.73. The molecule has 0 saturated carbocycles. The molecule has 146 valence electrons. The number of rotatable bonds is 7. The molecule has 1 fully saturated rings. The summed E-state index contributed by atoms with van der Waals surface area (Å²) in [5, 5.41) is 5.03. The van der Waals surface area contributed by atoms with Gasteiger partial charge in [-0.15, -0.1) is 11.3 Å². The van der Waals surface area contributed by atoms with Gasteiger partial charge in [0, 0.05) is 24.1 Å². The SMILES string of the molecule is COc1ccccc1[C@@]1(CCNC(=O)c2cccs2)CCO[C@@H](C(C)C)C1. The van der Waals surface area contributed by atoms with E-state index in [0.29, 0.717) is 12.5 Å². The largest absolute Gasteiger partial charge is 0.496 e.